The molecular formula is C30H41FN4O6S. The highest BCUT2D eigenvalue weighted by molar-refractivity contribution is 7.91. The summed E-state index contributed by atoms with van der Waals surface area (Å²) in [5, 5.41) is 3.31. The van der Waals surface area contributed by atoms with Crippen molar-refractivity contribution < 1.29 is 31.9 Å². The van der Waals surface area contributed by atoms with Gasteiger partial charge in [0.15, 0.2) is 9.84 Å². The molecule has 1 aromatic carbocycles. The van der Waals surface area contributed by atoms with Crippen LogP contribution in [0.15, 0.2) is 17.0 Å². The van der Waals surface area contributed by atoms with Gasteiger partial charge in [-0.2, -0.15) is 0 Å². The number of sulfone groups is 1. The van der Waals surface area contributed by atoms with Crippen LogP contribution < -0.4 is 16.8 Å². The number of carbonyl (C=O) groups excluding carboxylic acids is 2. The lowest BCUT2D eigenvalue weighted by atomic mass is 9.89. The molecule has 1 aliphatic carbocycles. The largest absolute Gasteiger partial charge is 0.461 e. The fourth-order valence-electron chi connectivity index (χ4n) is 6.67. The summed E-state index contributed by atoms with van der Waals surface area (Å²) < 4.78 is 55.4. The van der Waals surface area contributed by atoms with Crippen LogP contribution in [0.25, 0.3) is 5.69 Å². The maximum atomic E-state index is 15.6. The number of rotatable bonds is 8. The average Bonchev–Trinajstić information content (AvgIpc) is 3.43. The van der Waals surface area contributed by atoms with E-state index in [2.05, 4.69) is 5.32 Å². The molecular weight excluding hydrogens is 563 g/mol. The van der Waals surface area contributed by atoms with E-state index in [0.717, 1.165) is 0 Å². The van der Waals surface area contributed by atoms with Crippen LogP contribution in [0, 0.1) is 17.2 Å². The summed E-state index contributed by atoms with van der Waals surface area (Å²) in [4.78, 5) is 25.0. The fourth-order valence-corrected chi connectivity index (χ4v) is 9.02. The number of fused-ring (bicyclic) bond motifs is 3. The molecule has 10 nitrogen and oxygen atoms in total. The fraction of sp³-hybridized carbons (Fsp3) is 0.600. The zero-order valence-corrected chi connectivity index (χ0v) is 25.5. The minimum atomic E-state index is -3.58. The molecule has 5 N–H and O–H groups in total. The van der Waals surface area contributed by atoms with E-state index in [1.807, 2.05) is 27.7 Å². The Labute approximate surface area is 246 Å². The van der Waals surface area contributed by atoms with E-state index in [4.69, 9.17) is 20.9 Å². The molecule has 1 saturated carbocycles. The van der Waals surface area contributed by atoms with Crippen LogP contribution in [0.5, 0.6) is 0 Å². The van der Waals surface area contributed by atoms with Crippen LogP contribution in [0.2, 0.25) is 0 Å². The summed E-state index contributed by atoms with van der Waals surface area (Å²) >= 11 is 0. The van der Waals surface area contributed by atoms with Gasteiger partial charge >= 0.3 is 5.97 Å². The van der Waals surface area contributed by atoms with Crippen molar-refractivity contribution in [3.8, 4) is 5.69 Å². The zero-order valence-electron chi connectivity index (χ0n) is 24.7. The minimum absolute atomic E-state index is 0.0207. The molecule has 42 heavy (non-hydrogen) atoms. The highest BCUT2D eigenvalue weighted by Crippen LogP contribution is 2.44. The molecule has 230 valence electrons. The number of amides is 1. The first-order valence-electron chi connectivity index (χ1n) is 14.6. The second-order valence-electron chi connectivity index (χ2n) is 13.1. The molecule has 1 amide bonds. The topological polar surface area (TPSA) is 156 Å². The number of hydrogen-bond acceptors (Lipinski definition) is 8. The summed E-state index contributed by atoms with van der Waals surface area (Å²) in [6, 6.07) is 2.11. The van der Waals surface area contributed by atoms with Gasteiger partial charge < -0.3 is 30.8 Å². The average molecular weight is 605 g/mol. The molecule has 0 unspecified atom stereocenters. The van der Waals surface area contributed by atoms with Crippen molar-refractivity contribution >= 4 is 27.4 Å². The number of carbonyl (C=O) groups is 2. The first-order valence-corrected chi connectivity index (χ1v) is 16.2. The Balaban J connectivity index is 1.43. The number of nitrogens with two attached hydrogens (primary N) is 2. The SMILES string of the molecule is CC(C)C[C@H](N)C(=O)O[C@H]1CC[C@H](Nc2cc(-n3c4c(c5c3CC(C)(C)CS5(=O)=O)COC4)cc(F)c2C(N)=O)CC1. The van der Waals surface area contributed by atoms with E-state index in [1.165, 1.54) is 6.07 Å². The second kappa shape index (κ2) is 11.3. The third-order valence-electron chi connectivity index (χ3n) is 8.37. The molecule has 0 radical (unpaired) electrons. The minimum Gasteiger partial charge on any atom is -0.461 e. The number of aromatic nitrogens is 1. The van der Waals surface area contributed by atoms with Gasteiger partial charge in [0, 0.05) is 17.3 Å². The Morgan fingerprint density at radius 3 is 2.50 bits per heavy atom. The van der Waals surface area contributed by atoms with E-state index in [9.17, 15) is 18.0 Å². The van der Waals surface area contributed by atoms with Gasteiger partial charge in [-0.1, -0.05) is 27.7 Å². The quantitative estimate of drug-likeness (QED) is 0.385. The highest BCUT2D eigenvalue weighted by Gasteiger charge is 2.43. The molecule has 3 aliphatic rings. The Kier molecular flexibility index (Phi) is 8.19. The standard InChI is InChI=1S/C30H41FN4O6S/c1-16(2)9-22(32)29(37)41-19-7-5-17(6-8-19)34-23-11-18(10-21(31)26(23)28(33)36)35-24-12-30(3,4)15-42(38,39)27(24)20-13-40-14-25(20)35/h10-11,16-17,19,22,34H,5-9,12-15,32H2,1-4H3,(H2,33,36)/t17-,19-,22-/m0/s1. The molecule has 0 spiro atoms. The Hall–Kier alpha value is -2.96. The number of nitrogens with one attached hydrogen (secondary N) is 1. The third-order valence-corrected chi connectivity index (χ3v) is 10.6. The maximum Gasteiger partial charge on any atom is 0.323 e. The van der Waals surface area contributed by atoms with Gasteiger partial charge in [0.25, 0.3) is 5.91 Å². The number of nitrogens with zero attached hydrogens (tertiary/aromatic N) is 1. The van der Waals surface area contributed by atoms with Crippen molar-refractivity contribution in [1.82, 2.24) is 4.57 Å². The molecule has 2 aromatic rings. The van der Waals surface area contributed by atoms with Crippen molar-refractivity contribution in [2.75, 3.05) is 11.1 Å². The van der Waals surface area contributed by atoms with Gasteiger partial charge in [0.05, 0.1) is 46.5 Å². The van der Waals surface area contributed by atoms with Gasteiger partial charge in [-0.3, -0.25) is 9.59 Å². The van der Waals surface area contributed by atoms with E-state index in [0.29, 0.717) is 61.2 Å². The lowest BCUT2D eigenvalue weighted by Gasteiger charge is -2.32. The molecule has 0 saturated heterocycles. The lowest BCUT2D eigenvalue weighted by molar-refractivity contribution is -0.152. The normalized spacial score (nSPS) is 23.2. The molecule has 12 heteroatoms. The lowest BCUT2D eigenvalue weighted by Crippen LogP contribution is -2.38. The Morgan fingerprint density at radius 2 is 1.86 bits per heavy atom. The molecule has 1 fully saturated rings. The van der Waals surface area contributed by atoms with E-state index >= 15 is 4.39 Å². The number of esters is 1. The summed E-state index contributed by atoms with van der Waals surface area (Å²) in [6.07, 6.45) is 3.21. The first kappa shape index (κ1) is 30.5. The summed E-state index contributed by atoms with van der Waals surface area (Å²) in [6.45, 7) is 8.18. The monoisotopic (exact) mass is 604 g/mol. The van der Waals surface area contributed by atoms with Gasteiger partial charge in [0.1, 0.15) is 18.0 Å². The number of benzene rings is 1. The van der Waals surface area contributed by atoms with Crippen LogP contribution in [0.3, 0.4) is 0 Å². The zero-order chi connectivity index (χ0) is 30.6. The Bertz CT molecular complexity index is 1510. The first-order chi connectivity index (χ1) is 19.7. The predicted molar refractivity (Wildman–Crippen MR) is 155 cm³/mol. The van der Waals surface area contributed by atoms with Gasteiger partial charge in [0.2, 0.25) is 0 Å². The number of ether oxygens (including phenoxy) is 2. The van der Waals surface area contributed by atoms with Gasteiger partial charge in [-0.05, 0) is 62.0 Å². The maximum absolute atomic E-state index is 15.6. The summed E-state index contributed by atoms with van der Waals surface area (Å²) in [5.41, 5.74) is 13.4. The molecule has 1 aromatic heterocycles. The van der Waals surface area contributed by atoms with E-state index in [-0.39, 0.29) is 53.2 Å². The summed E-state index contributed by atoms with van der Waals surface area (Å²) in [5.74, 6) is -1.80. The number of hydrogen-bond donors (Lipinski definition) is 3. The molecule has 5 rings (SSSR count). The summed E-state index contributed by atoms with van der Waals surface area (Å²) in [7, 11) is -3.58. The van der Waals surface area contributed by atoms with Crippen LogP contribution in [0.1, 0.15) is 87.1 Å². The van der Waals surface area contributed by atoms with Crippen molar-refractivity contribution in [3.63, 3.8) is 0 Å². The van der Waals surface area contributed by atoms with Crippen LogP contribution in [0.4, 0.5) is 10.1 Å². The van der Waals surface area contributed by atoms with Crippen molar-refractivity contribution in [3.05, 3.63) is 40.5 Å². The van der Waals surface area contributed by atoms with Gasteiger partial charge in [-0.25, -0.2) is 12.8 Å². The molecule has 1 atom stereocenters. The molecule has 0 bridgehead atoms. The second-order valence-corrected chi connectivity index (χ2v) is 15.1. The van der Waals surface area contributed by atoms with Gasteiger partial charge in [-0.15, -0.1) is 0 Å². The molecule has 3 heterocycles. The molecule has 2 aliphatic heterocycles. The Morgan fingerprint density at radius 1 is 1.17 bits per heavy atom. The van der Waals surface area contributed by atoms with Crippen LogP contribution in [-0.2, 0) is 43.7 Å². The van der Waals surface area contributed by atoms with Crippen molar-refractivity contribution in [1.29, 1.82) is 0 Å². The number of primary amides is 1. The van der Waals surface area contributed by atoms with Crippen LogP contribution >= 0.6 is 0 Å². The van der Waals surface area contributed by atoms with Crippen molar-refractivity contribution in [2.45, 2.75) is 103 Å². The van der Waals surface area contributed by atoms with Crippen molar-refractivity contribution in [2.24, 2.45) is 22.8 Å². The number of halogens is 1. The highest BCUT2D eigenvalue weighted by atomic mass is 32.2. The van der Waals surface area contributed by atoms with E-state index in [1.54, 1.807) is 10.6 Å². The van der Waals surface area contributed by atoms with Crippen LogP contribution in [-0.4, -0.2) is 48.8 Å². The third kappa shape index (κ3) is 5.93. The predicted octanol–water partition coefficient (Wildman–Crippen LogP) is 3.74. The number of anilines is 1. The smallest absolute Gasteiger partial charge is 0.323 e. The van der Waals surface area contributed by atoms with E-state index < -0.39 is 39.0 Å².